The van der Waals surface area contributed by atoms with E-state index in [0.29, 0.717) is 28.0 Å². The Morgan fingerprint density at radius 3 is 2.29 bits per heavy atom. The Balaban J connectivity index is 2.06. The molecule has 6 heteroatoms. The van der Waals surface area contributed by atoms with Crippen LogP contribution in [0.4, 0.5) is 0 Å². The van der Waals surface area contributed by atoms with Crippen molar-refractivity contribution in [1.82, 2.24) is 0 Å². The Hall–Kier alpha value is -3.35. The van der Waals surface area contributed by atoms with Crippen molar-refractivity contribution in [3.8, 4) is 11.5 Å². The van der Waals surface area contributed by atoms with E-state index in [1.807, 2.05) is 0 Å². The lowest BCUT2D eigenvalue weighted by atomic mass is 10.0. The summed E-state index contributed by atoms with van der Waals surface area (Å²) in [6.07, 6.45) is 6.85. The molecule has 0 aliphatic rings. The first-order valence-electron chi connectivity index (χ1n) is 8.48. The number of aliphatic hydroxyl groups is 3. The molecule has 0 saturated carbocycles. The Morgan fingerprint density at radius 1 is 0.964 bits per heavy atom. The van der Waals surface area contributed by atoms with E-state index in [2.05, 4.69) is 0 Å². The molecule has 4 N–H and O–H groups in total. The van der Waals surface area contributed by atoms with Gasteiger partial charge in [0.25, 0.3) is 0 Å². The molecule has 0 amide bonds. The van der Waals surface area contributed by atoms with Gasteiger partial charge < -0.3 is 25.2 Å². The van der Waals surface area contributed by atoms with Crippen molar-refractivity contribution in [2.45, 2.75) is 13.2 Å². The van der Waals surface area contributed by atoms with Crippen molar-refractivity contribution in [2.24, 2.45) is 0 Å². The molecule has 0 atom stereocenters. The molecule has 0 aliphatic carbocycles. The largest absolute Gasteiger partial charge is 0.508 e. The van der Waals surface area contributed by atoms with Crippen LogP contribution in [0.2, 0.25) is 0 Å². The summed E-state index contributed by atoms with van der Waals surface area (Å²) in [7, 11) is 1.44. The van der Waals surface area contributed by atoms with Gasteiger partial charge in [0.15, 0.2) is 17.3 Å². The van der Waals surface area contributed by atoms with Crippen LogP contribution < -0.4 is 4.74 Å². The zero-order chi connectivity index (χ0) is 20.5. The van der Waals surface area contributed by atoms with Crippen molar-refractivity contribution < 1.29 is 30.0 Å². The molecule has 0 unspecified atom stereocenters. The highest BCUT2D eigenvalue weighted by atomic mass is 16.5. The second-order valence-electron chi connectivity index (χ2n) is 5.91. The number of methoxy groups -OCH3 is 1. The fourth-order valence-electron chi connectivity index (χ4n) is 2.45. The van der Waals surface area contributed by atoms with Crippen LogP contribution in [0.5, 0.6) is 11.5 Å². The van der Waals surface area contributed by atoms with Gasteiger partial charge in [0, 0.05) is 6.08 Å². The quantitative estimate of drug-likeness (QED) is 0.317. The zero-order valence-electron chi connectivity index (χ0n) is 15.4. The van der Waals surface area contributed by atoms with Crippen LogP contribution in [0.25, 0.3) is 12.2 Å². The molecule has 0 radical (unpaired) electrons. The number of aliphatic hydroxyl groups excluding tert-OH is 3. The fourth-order valence-corrected chi connectivity index (χ4v) is 2.45. The third-order valence-electron chi connectivity index (χ3n) is 3.95. The number of carbonyl (C=O) groups is 1. The minimum atomic E-state index is -0.415. The van der Waals surface area contributed by atoms with E-state index in [9.17, 15) is 25.2 Å². The zero-order valence-corrected chi connectivity index (χ0v) is 15.4. The predicted molar refractivity (Wildman–Crippen MR) is 107 cm³/mol. The van der Waals surface area contributed by atoms with E-state index >= 15 is 0 Å². The molecule has 0 aliphatic heterocycles. The van der Waals surface area contributed by atoms with Gasteiger partial charge >= 0.3 is 0 Å². The Bertz CT molecular complexity index is 925. The van der Waals surface area contributed by atoms with E-state index in [4.69, 9.17) is 4.74 Å². The molecular weight excluding hydrogens is 360 g/mol. The normalized spacial score (nSPS) is 12.0. The number of benzene rings is 2. The monoisotopic (exact) mass is 382 g/mol. The van der Waals surface area contributed by atoms with E-state index < -0.39 is 5.78 Å². The summed E-state index contributed by atoms with van der Waals surface area (Å²) in [5, 5.41) is 37.9. The molecule has 0 heterocycles. The minimum Gasteiger partial charge on any atom is -0.508 e. The molecule has 28 heavy (non-hydrogen) atoms. The lowest BCUT2D eigenvalue weighted by Gasteiger charge is -2.05. The highest BCUT2D eigenvalue weighted by molar-refractivity contribution is 6.02. The second kappa shape index (κ2) is 10.1. The fraction of sp³-hybridized carbons (Fsp3) is 0.136. The van der Waals surface area contributed by atoms with Crippen LogP contribution >= 0.6 is 0 Å². The van der Waals surface area contributed by atoms with Crippen LogP contribution in [-0.2, 0) is 18.0 Å². The van der Waals surface area contributed by atoms with Crippen LogP contribution in [0, 0.1) is 0 Å². The van der Waals surface area contributed by atoms with Gasteiger partial charge in [-0.2, -0.15) is 0 Å². The highest BCUT2D eigenvalue weighted by Gasteiger charge is 2.02. The Labute approximate surface area is 163 Å². The molecule has 146 valence electrons. The van der Waals surface area contributed by atoms with Gasteiger partial charge in [-0.3, -0.25) is 4.79 Å². The van der Waals surface area contributed by atoms with Gasteiger partial charge in [-0.05, 0) is 52.6 Å². The summed E-state index contributed by atoms with van der Waals surface area (Å²) in [6.45, 7) is -0.381. The van der Waals surface area contributed by atoms with Crippen LogP contribution in [-0.4, -0.2) is 33.3 Å². The lowest BCUT2D eigenvalue weighted by Crippen LogP contribution is -1.94. The number of rotatable bonds is 8. The average molecular weight is 382 g/mol. The van der Waals surface area contributed by atoms with E-state index in [-0.39, 0.29) is 24.7 Å². The summed E-state index contributed by atoms with van der Waals surface area (Å²) in [4.78, 5) is 12.0. The van der Waals surface area contributed by atoms with Crippen molar-refractivity contribution in [3.63, 3.8) is 0 Å². The first-order chi connectivity index (χ1) is 13.5. The third-order valence-corrected chi connectivity index (χ3v) is 3.95. The van der Waals surface area contributed by atoms with Gasteiger partial charge in [-0.25, -0.2) is 0 Å². The second-order valence-corrected chi connectivity index (χ2v) is 5.91. The molecule has 2 rings (SSSR count). The molecule has 0 spiro atoms. The Morgan fingerprint density at radius 2 is 1.61 bits per heavy atom. The molecule has 0 aromatic heterocycles. The number of carbonyl (C=O) groups excluding carboxylic acids is 1. The maximum atomic E-state index is 12.0. The minimum absolute atomic E-state index is 0.0103. The number of hydrogen-bond acceptors (Lipinski definition) is 6. The Kier molecular flexibility index (Phi) is 7.56. The molecule has 6 nitrogen and oxygen atoms in total. The van der Waals surface area contributed by atoms with Crippen molar-refractivity contribution in [1.29, 1.82) is 0 Å². The molecular formula is C22H22O6. The molecule has 0 fully saturated rings. The summed E-state index contributed by atoms with van der Waals surface area (Å²) in [6, 6.07) is 9.77. The molecule has 0 bridgehead atoms. The number of ether oxygens (including phenoxy) is 1. The van der Waals surface area contributed by atoms with Crippen molar-refractivity contribution in [2.75, 3.05) is 7.11 Å². The number of phenolic OH excluding ortho intramolecular Hbond substituents is 1. The number of phenols is 1. The number of allylic oxidation sites excluding steroid dienone is 3. The van der Waals surface area contributed by atoms with Crippen LogP contribution in [0.15, 0.2) is 60.4 Å². The SMILES string of the molecule is COc1cc(/C=C/C(O)=C/C(=O)/C=C/c2ccc(CO)c(CO)c2)ccc1O. The molecule has 2 aromatic rings. The van der Waals surface area contributed by atoms with Crippen LogP contribution in [0.3, 0.4) is 0 Å². The summed E-state index contributed by atoms with van der Waals surface area (Å²) in [5.74, 6) is -0.328. The first-order valence-corrected chi connectivity index (χ1v) is 8.48. The maximum absolute atomic E-state index is 12.0. The van der Waals surface area contributed by atoms with E-state index in [1.54, 1.807) is 42.5 Å². The van der Waals surface area contributed by atoms with Gasteiger partial charge in [-0.15, -0.1) is 0 Å². The van der Waals surface area contributed by atoms with Gasteiger partial charge in [0.1, 0.15) is 5.76 Å². The highest BCUT2D eigenvalue weighted by Crippen LogP contribution is 2.26. The van der Waals surface area contributed by atoms with E-state index in [0.717, 1.165) is 6.08 Å². The average Bonchev–Trinajstić information content (AvgIpc) is 2.71. The number of aromatic hydroxyl groups is 1. The molecule has 0 saturated heterocycles. The summed E-state index contributed by atoms with van der Waals surface area (Å²) < 4.78 is 5.01. The smallest absolute Gasteiger partial charge is 0.182 e. The third kappa shape index (κ3) is 5.84. The standard InChI is InChI=1S/C22H22O6/c1-28-22-11-16(5-9-21(22)27)4-8-20(26)12-19(25)7-3-15-2-6-17(13-23)18(10-15)14-24/h2-12,23-24,26-27H,13-14H2,1H3/b7-3+,8-4+,20-12-. The summed E-state index contributed by atoms with van der Waals surface area (Å²) >= 11 is 0. The molecule has 2 aromatic carbocycles. The van der Waals surface area contributed by atoms with Gasteiger partial charge in [0.05, 0.1) is 20.3 Å². The van der Waals surface area contributed by atoms with Crippen molar-refractivity contribution >= 4 is 17.9 Å². The summed E-state index contributed by atoms with van der Waals surface area (Å²) in [5.41, 5.74) is 2.58. The van der Waals surface area contributed by atoms with Gasteiger partial charge in [-0.1, -0.05) is 30.4 Å². The van der Waals surface area contributed by atoms with Crippen LogP contribution in [0.1, 0.15) is 22.3 Å². The number of ketones is 1. The number of hydrogen-bond donors (Lipinski definition) is 4. The van der Waals surface area contributed by atoms with E-state index in [1.165, 1.54) is 25.3 Å². The predicted octanol–water partition coefficient (Wildman–Crippen LogP) is 3.12. The maximum Gasteiger partial charge on any atom is 0.182 e. The topological polar surface area (TPSA) is 107 Å². The first kappa shape index (κ1) is 21.0. The lowest BCUT2D eigenvalue weighted by molar-refractivity contribution is -0.110. The van der Waals surface area contributed by atoms with Gasteiger partial charge in [0.2, 0.25) is 0 Å². The van der Waals surface area contributed by atoms with Crippen molar-refractivity contribution in [3.05, 3.63) is 82.6 Å².